The number of hydrogen-bond donors (Lipinski definition) is 2. The highest BCUT2D eigenvalue weighted by Gasteiger charge is 2.16. The second-order valence-electron chi connectivity index (χ2n) is 6.16. The highest BCUT2D eigenvalue weighted by molar-refractivity contribution is 7.97. The molecule has 0 saturated heterocycles. The van der Waals surface area contributed by atoms with E-state index in [0.29, 0.717) is 6.04 Å². The van der Waals surface area contributed by atoms with Crippen LogP contribution in [0, 0.1) is 6.92 Å². The Kier molecular flexibility index (Phi) is 5.57. The van der Waals surface area contributed by atoms with Gasteiger partial charge in [-0.05, 0) is 68.6 Å². The molecule has 0 spiro atoms. The molecule has 0 aliphatic heterocycles. The molecule has 2 N–H and O–H groups in total. The number of hydrogen-bond acceptors (Lipinski definition) is 4. The summed E-state index contributed by atoms with van der Waals surface area (Å²) in [6.07, 6.45) is 8.47. The van der Waals surface area contributed by atoms with E-state index < -0.39 is 0 Å². The Morgan fingerprint density at radius 2 is 1.96 bits per heavy atom. The van der Waals surface area contributed by atoms with Crippen LogP contribution in [0.2, 0.25) is 0 Å². The van der Waals surface area contributed by atoms with Crippen molar-refractivity contribution < 1.29 is 0 Å². The van der Waals surface area contributed by atoms with Crippen molar-refractivity contribution in [1.82, 2.24) is 9.71 Å². The molecule has 0 atom stereocenters. The summed E-state index contributed by atoms with van der Waals surface area (Å²) in [7, 11) is 1.95. The van der Waals surface area contributed by atoms with Crippen molar-refractivity contribution >= 4 is 17.6 Å². The number of aromatic nitrogens is 1. The van der Waals surface area contributed by atoms with Crippen LogP contribution < -0.4 is 10.0 Å². The minimum Gasteiger partial charge on any atom is -0.382 e. The molecule has 0 amide bonds. The van der Waals surface area contributed by atoms with E-state index in [0.717, 1.165) is 5.69 Å². The van der Waals surface area contributed by atoms with Crippen LogP contribution in [-0.4, -0.2) is 18.1 Å². The molecule has 3 nitrogen and oxygen atoms in total. The lowest BCUT2D eigenvalue weighted by atomic mass is 9.94. The van der Waals surface area contributed by atoms with Gasteiger partial charge in [0.2, 0.25) is 0 Å². The topological polar surface area (TPSA) is 37.0 Å². The Bertz CT molecular complexity index is 651. The molecular weight excluding hydrogens is 302 g/mol. The molecule has 4 heteroatoms. The van der Waals surface area contributed by atoms with Gasteiger partial charge < -0.3 is 5.32 Å². The average Bonchev–Trinajstić information content (AvgIpc) is 2.58. The molecule has 0 unspecified atom stereocenters. The highest BCUT2D eigenvalue weighted by atomic mass is 32.2. The fourth-order valence-corrected chi connectivity index (χ4v) is 3.81. The summed E-state index contributed by atoms with van der Waals surface area (Å²) < 4.78 is 3.15. The van der Waals surface area contributed by atoms with Crippen molar-refractivity contribution in [1.29, 1.82) is 0 Å². The van der Waals surface area contributed by atoms with Gasteiger partial charge in [-0.15, -0.1) is 0 Å². The van der Waals surface area contributed by atoms with E-state index in [1.165, 1.54) is 53.8 Å². The number of benzene rings is 1. The highest BCUT2D eigenvalue weighted by Crippen LogP contribution is 2.34. The molecular formula is C19H25N3S. The average molecular weight is 327 g/mol. The lowest BCUT2D eigenvalue weighted by Gasteiger charge is -2.25. The summed E-state index contributed by atoms with van der Waals surface area (Å²) in [5.41, 5.74) is 4.70. The van der Waals surface area contributed by atoms with Gasteiger partial charge in [0, 0.05) is 28.4 Å². The zero-order valence-corrected chi connectivity index (χ0v) is 14.7. The molecule has 1 heterocycles. The van der Waals surface area contributed by atoms with Gasteiger partial charge in [-0.2, -0.15) is 0 Å². The van der Waals surface area contributed by atoms with E-state index in [9.17, 15) is 0 Å². The van der Waals surface area contributed by atoms with Gasteiger partial charge in [-0.25, -0.2) is 0 Å². The molecule has 3 rings (SSSR count). The van der Waals surface area contributed by atoms with Crippen molar-refractivity contribution in [2.45, 2.75) is 50.0 Å². The van der Waals surface area contributed by atoms with Crippen LogP contribution in [0.3, 0.4) is 0 Å². The molecule has 23 heavy (non-hydrogen) atoms. The Balaban J connectivity index is 1.95. The summed E-state index contributed by atoms with van der Waals surface area (Å²) >= 11 is 1.64. The van der Waals surface area contributed by atoms with Crippen LogP contribution in [0.1, 0.15) is 37.7 Å². The van der Waals surface area contributed by atoms with Gasteiger partial charge in [0.05, 0.1) is 5.69 Å². The van der Waals surface area contributed by atoms with Gasteiger partial charge in [0.1, 0.15) is 0 Å². The van der Waals surface area contributed by atoms with Crippen molar-refractivity contribution in [3.63, 3.8) is 0 Å². The van der Waals surface area contributed by atoms with Crippen LogP contribution in [-0.2, 0) is 0 Å². The number of nitrogens with one attached hydrogen (secondary N) is 2. The number of aryl methyl sites for hydroxylation is 1. The van der Waals surface area contributed by atoms with Crippen LogP contribution in [0.5, 0.6) is 0 Å². The van der Waals surface area contributed by atoms with Gasteiger partial charge >= 0.3 is 0 Å². The molecule has 1 aliphatic carbocycles. The Morgan fingerprint density at radius 3 is 2.70 bits per heavy atom. The van der Waals surface area contributed by atoms with E-state index in [1.54, 1.807) is 11.9 Å². The molecule has 1 saturated carbocycles. The lowest BCUT2D eigenvalue weighted by Crippen LogP contribution is -2.22. The van der Waals surface area contributed by atoms with Crippen LogP contribution in [0.15, 0.2) is 41.4 Å². The van der Waals surface area contributed by atoms with Gasteiger partial charge in [0.25, 0.3) is 0 Å². The first-order chi connectivity index (χ1) is 11.3. The van der Waals surface area contributed by atoms with Crippen LogP contribution in [0.4, 0.5) is 5.69 Å². The third kappa shape index (κ3) is 4.06. The Labute approximate surface area is 143 Å². The van der Waals surface area contributed by atoms with Gasteiger partial charge in [0.15, 0.2) is 0 Å². The van der Waals surface area contributed by atoms with E-state index in [-0.39, 0.29) is 0 Å². The van der Waals surface area contributed by atoms with E-state index >= 15 is 0 Å². The quantitative estimate of drug-likeness (QED) is 0.755. The Hall–Kier alpha value is -1.52. The maximum atomic E-state index is 4.63. The Morgan fingerprint density at radius 1 is 1.13 bits per heavy atom. The maximum absolute atomic E-state index is 4.63. The molecule has 122 valence electrons. The van der Waals surface area contributed by atoms with E-state index in [2.05, 4.69) is 46.2 Å². The zero-order valence-electron chi connectivity index (χ0n) is 13.9. The maximum Gasteiger partial charge on any atom is 0.0752 e. The molecule has 0 radical (unpaired) electrons. The van der Waals surface area contributed by atoms with Gasteiger partial charge in [-0.3, -0.25) is 9.71 Å². The summed E-state index contributed by atoms with van der Waals surface area (Å²) in [6, 6.07) is 11.3. The monoisotopic (exact) mass is 327 g/mol. The first-order valence-corrected chi connectivity index (χ1v) is 9.26. The largest absolute Gasteiger partial charge is 0.382 e. The molecule has 2 aromatic rings. The third-order valence-corrected chi connectivity index (χ3v) is 5.13. The second kappa shape index (κ2) is 7.84. The summed E-state index contributed by atoms with van der Waals surface area (Å²) in [4.78, 5) is 5.84. The summed E-state index contributed by atoms with van der Waals surface area (Å²) in [6.45, 7) is 2.13. The minimum absolute atomic E-state index is 0.592. The molecule has 1 aromatic carbocycles. The van der Waals surface area contributed by atoms with Crippen molar-refractivity contribution in [3.8, 4) is 11.3 Å². The first-order valence-electron chi connectivity index (χ1n) is 8.44. The second-order valence-corrected chi connectivity index (χ2v) is 7.25. The normalized spacial score (nSPS) is 15.6. The standard InChI is InChI=1S/C19H25N3S/c1-14-7-6-12-21-19(14)17-13-16(23-20-2)10-11-18(17)22-15-8-4-3-5-9-15/h6-7,10-13,15,20,22H,3-5,8-9H2,1-2H3. The van der Waals surface area contributed by atoms with Crippen LogP contribution >= 0.6 is 11.9 Å². The molecule has 1 fully saturated rings. The van der Waals surface area contributed by atoms with E-state index in [1.807, 2.05) is 19.3 Å². The lowest BCUT2D eigenvalue weighted by molar-refractivity contribution is 0.463. The number of nitrogens with zero attached hydrogens (tertiary/aromatic N) is 1. The summed E-state index contributed by atoms with van der Waals surface area (Å²) in [5, 5.41) is 3.77. The number of anilines is 1. The van der Waals surface area contributed by atoms with Gasteiger partial charge in [-0.1, -0.05) is 25.3 Å². The van der Waals surface area contributed by atoms with Crippen molar-refractivity contribution in [2.24, 2.45) is 0 Å². The molecule has 0 bridgehead atoms. The SMILES string of the molecule is CNSc1ccc(NC2CCCCC2)c(-c2ncccc2C)c1. The van der Waals surface area contributed by atoms with Crippen LogP contribution in [0.25, 0.3) is 11.3 Å². The molecule has 1 aromatic heterocycles. The third-order valence-electron chi connectivity index (χ3n) is 4.44. The predicted octanol–water partition coefficient (Wildman–Crippen LogP) is 5.03. The van der Waals surface area contributed by atoms with Crippen molar-refractivity contribution in [3.05, 3.63) is 42.1 Å². The molecule has 1 aliphatic rings. The fraction of sp³-hybridized carbons (Fsp3) is 0.421. The number of rotatable bonds is 5. The van der Waals surface area contributed by atoms with Crippen molar-refractivity contribution in [2.75, 3.05) is 12.4 Å². The first kappa shape index (κ1) is 16.3. The predicted molar refractivity (Wildman–Crippen MR) is 99.8 cm³/mol. The fourth-order valence-electron chi connectivity index (χ4n) is 3.26. The minimum atomic E-state index is 0.592. The smallest absolute Gasteiger partial charge is 0.0752 e. The number of pyridine rings is 1. The zero-order chi connectivity index (χ0) is 16.1. The van der Waals surface area contributed by atoms with E-state index in [4.69, 9.17) is 0 Å². The summed E-state index contributed by atoms with van der Waals surface area (Å²) in [5.74, 6) is 0.